The van der Waals surface area contributed by atoms with E-state index in [0.29, 0.717) is 13.0 Å². The Morgan fingerprint density at radius 1 is 1.27 bits per heavy atom. The number of hydrogen-bond acceptors (Lipinski definition) is 3. The lowest BCUT2D eigenvalue weighted by atomic mass is 9.96. The molecular formula is C11H23NO3. The van der Waals surface area contributed by atoms with E-state index in [9.17, 15) is 4.79 Å². The zero-order valence-electron chi connectivity index (χ0n) is 10.2. The molecule has 0 heterocycles. The highest BCUT2D eigenvalue weighted by molar-refractivity contribution is 5.77. The van der Waals surface area contributed by atoms with Crippen LogP contribution in [-0.2, 0) is 9.53 Å². The summed E-state index contributed by atoms with van der Waals surface area (Å²) in [5.74, 6) is -0.945. The lowest BCUT2D eigenvalue weighted by Gasteiger charge is -2.21. The second-order valence-electron chi connectivity index (χ2n) is 5.14. The van der Waals surface area contributed by atoms with Crippen molar-refractivity contribution in [3.8, 4) is 0 Å². The highest BCUT2D eigenvalue weighted by Gasteiger charge is 2.26. The number of carbonyl (C=O) groups is 1. The minimum atomic E-state index is -1.11. The number of unbranched alkanes of at least 4 members (excludes halogenated alkanes) is 1. The first-order valence-electron chi connectivity index (χ1n) is 5.31. The van der Waals surface area contributed by atoms with Gasteiger partial charge in [0.1, 0.15) is 5.54 Å². The predicted molar refractivity (Wildman–Crippen MR) is 59.8 cm³/mol. The lowest BCUT2D eigenvalue weighted by molar-refractivity contribution is -0.143. The molecule has 0 aliphatic carbocycles. The Hall–Kier alpha value is -0.610. The molecular weight excluding hydrogens is 194 g/mol. The van der Waals surface area contributed by atoms with E-state index in [0.717, 1.165) is 12.8 Å². The number of hydrogen-bond donors (Lipinski definition) is 2. The van der Waals surface area contributed by atoms with Gasteiger partial charge in [-0.2, -0.15) is 0 Å². The van der Waals surface area contributed by atoms with Crippen LogP contribution in [-0.4, -0.2) is 28.8 Å². The Morgan fingerprint density at radius 2 is 1.80 bits per heavy atom. The van der Waals surface area contributed by atoms with E-state index in [1.807, 2.05) is 20.8 Å². The minimum absolute atomic E-state index is 0.126. The van der Waals surface area contributed by atoms with Gasteiger partial charge in [0.15, 0.2) is 0 Å². The van der Waals surface area contributed by atoms with Crippen molar-refractivity contribution in [2.24, 2.45) is 5.73 Å². The van der Waals surface area contributed by atoms with Crippen LogP contribution in [0.4, 0.5) is 0 Å². The number of nitrogens with two attached hydrogens (primary N) is 1. The fraction of sp³-hybridized carbons (Fsp3) is 0.909. The van der Waals surface area contributed by atoms with Gasteiger partial charge in [0, 0.05) is 6.61 Å². The van der Waals surface area contributed by atoms with Crippen molar-refractivity contribution in [3.05, 3.63) is 0 Å². The lowest BCUT2D eigenvalue weighted by Crippen LogP contribution is -2.44. The van der Waals surface area contributed by atoms with Gasteiger partial charge in [-0.15, -0.1) is 0 Å². The summed E-state index contributed by atoms with van der Waals surface area (Å²) < 4.78 is 5.52. The van der Waals surface area contributed by atoms with Gasteiger partial charge < -0.3 is 15.6 Å². The summed E-state index contributed by atoms with van der Waals surface area (Å²) in [5, 5.41) is 8.77. The van der Waals surface area contributed by atoms with Gasteiger partial charge in [-0.05, 0) is 47.0 Å². The van der Waals surface area contributed by atoms with E-state index in [1.165, 1.54) is 0 Å². The van der Waals surface area contributed by atoms with Crippen LogP contribution in [0.2, 0.25) is 0 Å². The summed E-state index contributed by atoms with van der Waals surface area (Å²) in [7, 11) is 0. The largest absolute Gasteiger partial charge is 0.480 e. The molecule has 0 fully saturated rings. The second-order valence-corrected chi connectivity index (χ2v) is 5.14. The first kappa shape index (κ1) is 14.4. The standard InChI is InChI=1S/C11H23NO3/c1-10(2,3)15-8-6-5-7-11(4,12)9(13)14/h5-8,12H2,1-4H3,(H,13,14). The van der Waals surface area contributed by atoms with Crippen molar-refractivity contribution in [1.82, 2.24) is 0 Å². The van der Waals surface area contributed by atoms with Gasteiger partial charge in [-0.3, -0.25) is 4.79 Å². The van der Waals surface area contributed by atoms with Gasteiger partial charge in [-0.1, -0.05) is 0 Å². The molecule has 90 valence electrons. The SMILES string of the molecule is CC(C)(C)OCCCCC(C)(N)C(=O)O. The van der Waals surface area contributed by atoms with Gasteiger partial charge in [0.05, 0.1) is 5.60 Å². The van der Waals surface area contributed by atoms with E-state index >= 15 is 0 Å². The molecule has 0 radical (unpaired) electrons. The van der Waals surface area contributed by atoms with Crippen molar-refractivity contribution in [2.75, 3.05) is 6.61 Å². The molecule has 0 aromatic heterocycles. The van der Waals surface area contributed by atoms with Gasteiger partial charge in [0.25, 0.3) is 0 Å². The van der Waals surface area contributed by atoms with Crippen LogP contribution in [0.15, 0.2) is 0 Å². The molecule has 0 aromatic carbocycles. The molecule has 0 saturated heterocycles. The Bertz CT molecular complexity index is 206. The molecule has 0 amide bonds. The minimum Gasteiger partial charge on any atom is -0.480 e. The van der Waals surface area contributed by atoms with Crippen LogP contribution in [0.25, 0.3) is 0 Å². The third-order valence-electron chi connectivity index (χ3n) is 2.11. The molecule has 0 aliphatic heterocycles. The van der Waals surface area contributed by atoms with E-state index in [1.54, 1.807) is 6.92 Å². The maximum absolute atomic E-state index is 10.7. The van der Waals surface area contributed by atoms with Crippen molar-refractivity contribution < 1.29 is 14.6 Å². The zero-order valence-corrected chi connectivity index (χ0v) is 10.2. The number of aliphatic carboxylic acids is 1. The Kier molecular flexibility index (Phi) is 5.24. The molecule has 0 bridgehead atoms. The Labute approximate surface area is 91.8 Å². The van der Waals surface area contributed by atoms with E-state index < -0.39 is 11.5 Å². The van der Waals surface area contributed by atoms with Crippen LogP contribution in [0, 0.1) is 0 Å². The normalized spacial score (nSPS) is 16.1. The summed E-state index contributed by atoms with van der Waals surface area (Å²) in [5.41, 5.74) is 4.35. The molecule has 4 nitrogen and oxygen atoms in total. The average molecular weight is 217 g/mol. The third kappa shape index (κ3) is 7.33. The monoisotopic (exact) mass is 217 g/mol. The highest BCUT2D eigenvalue weighted by atomic mass is 16.5. The van der Waals surface area contributed by atoms with E-state index in [4.69, 9.17) is 15.6 Å². The Balaban J connectivity index is 3.60. The van der Waals surface area contributed by atoms with Gasteiger partial charge in [-0.25, -0.2) is 0 Å². The predicted octanol–water partition coefficient (Wildman–Crippen LogP) is 1.77. The van der Waals surface area contributed by atoms with Crippen molar-refractivity contribution in [1.29, 1.82) is 0 Å². The second kappa shape index (κ2) is 5.47. The number of carboxylic acid groups (broad SMARTS) is 1. The first-order chi connectivity index (χ1) is 6.65. The van der Waals surface area contributed by atoms with E-state index in [-0.39, 0.29) is 5.60 Å². The van der Waals surface area contributed by atoms with Crippen LogP contribution < -0.4 is 5.73 Å². The van der Waals surface area contributed by atoms with Crippen LogP contribution in [0.1, 0.15) is 47.0 Å². The van der Waals surface area contributed by atoms with E-state index in [2.05, 4.69) is 0 Å². The smallest absolute Gasteiger partial charge is 0.323 e. The quantitative estimate of drug-likeness (QED) is 0.665. The van der Waals surface area contributed by atoms with Gasteiger partial charge >= 0.3 is 5.97 Å². The first-order valence-corrected chi connectivity index (χ1v) is 5.31. The molecule has 1 atom stereocenters. The molecule has 15 heavy (non-hydrogen) atoms. The molecule has 3 N–H and O–H groups in total. The summed E-state index contributed by atoms with van der Waals surface area (Å²) in [6.45, 7) is 8.19. The molecule has 0 rings (SSSR count). The summed E-state index contributed by atoms with van der Waals surface area (Å²) in [4.78, 5) is 10.7. The zero-order chi connectivity index (χ0) is 12.1. The molecule has 0 spiro atoms. The maximum Gasteiger partial charge on any atom is 0.323 e. The number of rotatable bonds is 6. The fourth-order valence-electron chi connectivity index (χ4n) is 1.08. The van der Waals surface area contributed by atoms with Crippen LogP contribution in [0.5, 0.6) is 0 Å². The summed E-state index contributed by atoms with van der Waals surface area (Å²) in [6.07, 6.45) is 2.10. The average Bonchev–Trinajstić information content (AvgIpc) is 2.00. The highest BCUT2D eigenvalue weighted by Crippen LogP contribution is 2.13. The van der Waals surface area contributed by atoms with Crippen LogP contribution in [0.3, 0.4) is 0 Å². The molecule has 0 aromatic rings. The number of ether oxygens (including phenoxy) is 1. The molecule has 0 aliphatic rings. The molecule has 1 unspecified atom stereocenters. The summed E-state index contributed by atoms with van der Waals surface area (Å²) in [6, 6.07) is 0. The Morgan fingerprint density at radius 3 is 2.20 bits per heavy atom. The van der Waals surface area contributed by atoms with Crippen LogP contribution >= 0.6 is 0 Å². The maximum atomic E-state index is 10.7. The molecule has 4 heteroatoms. The fourth-order valence-corrected chi connectivity index (χ4v) is 1.08. The topological polar surface area (TPSA) is 72.5 Å². The van der Waals surface area contributed by atoms with Crippen molar-refractivity contribution >= 4 is 5.97 Å². The third-order valence-corrected chi connectivity index (χ3v) is 2.11. The summed E-state index contributed by atoms with van der Waals surface area (Å²) >= 11 is 0. The number of carboxylic acids is 1. The van der Waals surface area contributed by atoms with Gasteiger partial charge in [0.2, 0.25) is 0 Å². The molecule has 0 saturated carbocycles. The van der Waals surface area contributed by atoms with Crippen molar-refractivity contribution in [3.63, 3.8) is 0 Å². The van der Waals surface area contributed by atoms with Crippen molar-refractivity contribution in [2.45, 2.75) is 58.1 Å².